The molecule has 0 aromatic heterocycles. The molecule has 0 bridgehead atoms. The number of fused-ring (bicyclic) bond motifs is 1. The van der Waals surface area contributed by atoms with Crippen molar-refractivity contribution < 1.29 is 23.4 Å². The highest BCUT2D eigenvalue weighted by atomic mass is 79.9. The largest absolute Gasteiger partial charge is 0.494 e. The molecule has 0 atom stereocenters. The van der Waals surface area contributed by atoms with Crippen LogP contribution in [0.2, 0.25) is 0 Å². The Hall–Kier alpha value is -2.81. The van der Waals surface area contributed by atoms with Gasteiger partial charge in [0.1, 0.15) is 11.6 Å². The van der Waals surface area contributed by atoms with Gasteiger partial charge < -0.3 is 24.4 Å². The molecule has 2 aromatic rings. The summed E-state index contributed by atoms with van der Waals surface area (Å²) >= 11 is 0. The molecule has 1 heterocycles. The minimum absolute atomic E-state index is 0. The van der Waals surface area contributed by atoms with Crippen LogP contribution in [0.25, 0.3) is 0 Å². The van der Waals surface area contributed by atoms with Crippen molar-refractivity contribution in [2.24, 2.45) is 0 Å². The lowest BCUT2D eigenvalue weighted by Gasteiger charge is -2.19. The lowest BCUT2D eigenvalue weighted by Crippen LogP contribution is -2.30. The summed E-state index contributed by atoms with van der Waals surface area (Å²) < 4.78 is 31.9. The number of ketones is 1. The van der Waals surface area contributed by atoms with E-state index in [2.05, 4.69) is 12.2 Å². The first-order valence-corrected chi connectivity index (χ1v) is 11.8. The van der Waals surface area contributed by atoms with Gasteiger partial charge >= 0.3 is 0 Å². The minimum Gasteiger partial charge on any atom is -0.494 e. The number of ether oxygens (including phenoxy) is 3. The van der Waals surface area contributed by atoms with E-state index in [1.807, 2.05) is 13.0 Å². The standard InChI is InChI=1S/C26H34FN3O4.BrH/c1-6-9-10-16-11-17(12-19(29-4)24(16)32-5)20(31)15-30-14-18-13-21(33-7-2)25(34-8-3)23(27)22(18)26(30)28;/h11-13,28-29H,6-10,14-15H2,1-5H3;1H. The lowest BCUT2D eigenvalue weighted by atomic mass is 10.00. The molecule has 1 aliphatic rings. The number of carbonyl (C=O) groups excluding carboxylic acids is 1. The average Bonchev–Trinajstić information content (AvgIpc) is 3.14. The van der Waals surface area contributed by atoms with Gasteiger partial charge in [-0.15, -0.1) is 17.0 Å². The number of benzene rings is 2. The number of halogens is 2. The maximum Gasteiger partial charge on any atom is 0.197 e. The fraction of sp³-hybridized carbons (Fsp3) is 0.462. The number of anilines is 1. The fourth-order valence-corrected chi connectivity index (χ4v) is 4.25. The van der Waals surface area contributed by atoms with E-state index < -0.39 is 5.82 Å². The molecule has 2 N–H and O–H groups in total. The zero-order valence-corrected chi connectivity index (χ0v) is 22.8. The molecule has 1 aliphatic heterocycles. The minimum atomic E-state index is -0.619. The van der Waals surface area contributed by atoms with Gasteiger partial charge in [-0.3, -0.25) is 10.2 Å². The summed E-state index contributed by atoms with van der Waals surface area (Å²) in [5, 5.41) is 11.7. The summed E-state index contributed by atoms with van der Waals surface area (Å²) in [5.41, 5.74) is 3.01. The van der Waals surface area contributed by atoms with Crippen LogP contribution in [0, 0.1) is 11.2 Å². The first-order valence-electron chi connectivity index (χ1n) is 11.8. The molecule has 0 unspecified atom stereocenters. The predicted octanol–water partition coefficient (Wildman–Crippen LogP) is 5.62. The molecule has 0 saturated heterocycles. The van der Waals surface area contributed by atoms with Crippen molar-refractivity contribution in [3.8, 4) is 17.2 Å². The number of hydrogen-bond acceptors (Lipinski definition) is 6. The highest BCUT2D eigenvalue weighted by Gasteiger charge is 2.33. The van der Waals surface area contributed by atoms with Crippen LogP contribution in [-0.2, 0) is 13.0 Å². The van der Waals surface area contributed by atoms with E-state index in [-0.39, 0.29) is 59.6 Å². The third-order valence-electron chi connectivity index (χ3n) is 5.87. The summed E-state index contributed by atoms with van der Waals surface area (Å²) in [6.45, 7) is 6.55. The fourth-order valence-electron chi connectivity index (χ4n) is 4.25. The molecule has 192 valence electrons. The first-order chi connectivity index (χ1) is 16.4. The van der Waals surface area contributed by atoms with Crippen molar-refractivity contribution in [3.63, 3.8) is 0 Å². The summed E-state index contributed by atoms with van der Waals surface area (Å²) in [6.07, 6.45) is 2.80. The highest BCUT2D eigenvalue weighted by molar-refractivity contribution is 8.93. The number of aryl methyl sites for hydroxylation is 1. The van der Waals surface area contributed by atoms with Crippen molar-refractivity contribution in [3.05, 3.63) is 46.3 Å². The molecule has 0 aliphatic carbocycles. The Kier molecular flexibility index (Phi) is 10.4. The van der Waals surface area contributed by atoms with Crippen LogP contribution in [0.3, 0.4) is 0 Å². The molecule has 0 radical (unpaired) electrons. The number of methoxy groups -OCH3 is 1. The molecule has 0 fully saturated rings. The Labute approximate surface area is 217 Å². The SMILES string of the molecule is Br.CCCCc1cc(C(=O)CN2Cc3cc(OCC)c(OCC)c(F)c3C2=N)cc(NC)c1OC. The van der Waals surface area contributed by atoms with Crippen molar-refractivity contribution in [1.82, 2.24) is 4.90 Å². The summed E-state index contributed by atoms with van der Waals surface area (Å²) in [6, 6.07) is 5.34. The van der Waals surface area contributed by atoms with E-state index in [0.717, 1.165) is 36.3 Å². The van der Waals surface area contributed by atoms with Crippen LogP contribution >= 0.6 is 17.0 Å². The summed E-state index contributed by atoms with van der Waals surface area (Å²) in [5.74, 6) is 0.268. The van der Waals surface area contributed by atoms with Gasteiger partial charge in [0.05, 0.1) is 38.1 Å². The van der Waals surface area contributed by atoms with Crippen molar-refractivity contribution in [2.45, 2.75) is 46.6 Å². The molecule has 9 heteroatoms. The van der Waals surface area contributed by atoms with Gasteiger partial charge in [-0.05, 0) is 56.0 Å². The van der Waals surface area contributed by atoms with Crippen LogP contribution < -0.4 is 19.5 Å². The van der Waals surface area contributed by atoms with Gasteiger partial charge in [0.15, 0.2) is 23.1 Å². The topological polar surface area (TPSA) is 83.9 Å². The molecule has 3 rings (SSSR count). The van der Waals surface area contributed by atoms with Crippen molar-refractivity contribution >= 4 is 34.3 Å². The molecule has 0 spiro atoms. The molecular formula is C26H35BrFN3O4. The number of nitrogens with zero attached hydrogens (tertiary/aromatic N) is 1. The third-order valence-corrected chi connectivity index (χ3v) is 5.87. The van der Waals surface area contributed by atoms with Crippen LogP contribution in [0.5, 0.6) is 17.2 Å². The smallest absolute Gasteiger partial charge is 0.197 e. The number of hydrogen-bond donors (Lipinski definition) is 2. The van der Waals surface area contributed by atoms with E-state index in [0.29, 0.717) is 23.5 Å². The molecule has 0 amide bonds. The predicted molar refractivity (Wildman–Crippen MR) is 142 cm³/mol. The molecule has 35 heavy (non-hydrogen) atoms. The van der Waals surface area contributed by atoms with Crippen LogP contribution in [0.4, 0.5) is 10.1 Å². The van der Waals surface area contributed by atoms with Crippen LogP contribution in [0.1, 0.15) is 60.7 Å². The number of unbranched alkanes of at least 4 members (excludes halogenated alkanes) is 1. The molecular weight excluding hydrogens is 517 g/mol. The number of Topliss-reactive ketones (excluding diaryl/α,β-unsaturated/α-hetero) is 1. The summed E-state index contributed by atoms with van der Waals surface area (Å²) in [7, 11) is 3.41. The highest BCUT2D eigenvalue weighted by Crippen LogP contribution is 2.39. The third kappa shape index (κ3) is 5.89. The van der Waals surface area contributed by atoms with Crippen LogP contribution in [-0.4, -0.2) is 50.4 Å². The van der Waals surface area contributed by atoms with Crippen LogP contribution in [0.15, 0.2) is 18.2 Å². The first kappa shape index (κ1) is 28.4. The number of nitrogens with one attached hydrogen (secondary N) is 2. The molecule has 0 saturated carbocycles. The summed E-state index contributed by atoms with van der Waals surface area (Å²) in [4.78, 5) is 14.8. The maximum absolute atomic E-state index is 15.3. The molecule has 2 aromatic carbocycles. The Balaban J connectivity index is 0.00000432. The molecule has 7 nitrogen and oxygen atoms in total. The Morgan fingerprint density at radius 2 is 1.86 bits per heavy atom. The van der Waals surface area contributed by atoms with E-state index >= 15 is 4.39 Å². The van der Waals surface area contributed by atoms with Gasteiger partial charge in [0.2, 0.25) is 0 Å². The number of rotatable bonds is 12. The monoisotopic (exact) mass is 551 g/mol. The lowest BCUT2D eigenvalue weighted by molar-refractivity contribution is 0.0962. The zero-order valence-electron chi connectivity index (χ0n) is 21.0. The number of carbonyl (C=O) groups is 1. The Bertz CT molecular complexity index is 1080. The van der Waals surface area contributed by atoms with E-state index in [1.54, 1.807) is 38.1 Å². The van der Waals surface area contributed by atoms with E-state index in [9.17, 15) is 4.79 Å². The van der Waals surface area contributed by atoms with E-state index in [1.165, 1.54) is 0 Å². The van der Waals surface area contributed by atoms with Gasteiger partial charge in [-0.1, -0.05) is 13.3 Å². The van der Waals surface area contributed by atoms with Gasteiger partial charge in [-0.2, -0.15) is 0 Å². The number of amidine groups is 1. The van der Waals surface area contributed by atoms with E-state index in [4.69, 9.17) is 19.6 Å². The maximum atomic E-state index is 15.3. The van der Waals surface area contributed by atoms with Gasteiger partial charge in [0.25, 0.3) is 0 Å². The normalized spacial score (nSPS) is 12.2. The van der Waals surface area contributed by atoms with Gasteiger partial charge in [-0.25, -0.2) is 4.39 Å². The van der Waals surface area contributed by atoms with Crippen molar-refractivity contribution in [1.29, 1.82) is 5.41 Å². The second-order valence-corrected chi connectivity index (χ2v) is 8.12. The Morgan fingerprint density at radius 1 is 1.14 bits per heavy atom. The second-order valence-electron chi connectivity index (χ2n) is 8.12. The van der Waals surface area contributed by atoms with Gasteiger partial charge in [0, 0.05) is 19.2 Å². The Morgan fingerprint density at radius 3 is 2.46 bits per heavy atom. The quantitative estimate of drug-likeness (QED) is 0.333. The van der Waals surface area contributed by atoms with Crippen molar-refractivity contribution in [2.75, 3.05) is 39.2 Å². The average molecular weight is 552 g/mol. The zero-order chi connectivity index (χ0) is 24.8. The second kappa shape index (κ2) is 12.8.